The maximum absolute atomic E-state index is 11.9. The molecule has 0 aliphatic rings. The largest absolute Gasteiger partial charge is 0.350 e. The number of hydrogen-bond donors (Lipinski definition) is 2. The summed E-state index contributed by atoms with van der Waals surface area (Å²) in [4.78, 5) is 37.0. The molecular formula is C12H15ClN4O4. The number of pyridine rings is 1. The summed E-state index contributed by atoms with van der Waals surface area (Å²) in [7, 11) is 0. The second kappa shape index (κ2) is 6.49. The molecule has 2 N–H and O–H groups in total. The molecule has 0 fully saturated rings. The van der Waals surface area contributed by atoms with Crippen LogP contribution in [-0.2, 0) is 4.79 Å². The lowest BCUT2D eigenvalue weighted by molar-refractivity contribution is -0.385. The van der Waals surface area contributed by atoms with E-state index in [1.54, 1.807) is 20.8 Å². The van der Waals surface area contributed by atoms with E-state index in [0.717, 1.165) is 12.3 Å². The van der Waals surface area contributed by atoms with Gasteiger partial charge in [0.25, 0.3) is 11.6 Å². The summed E-state index contributed by atoms with van der Waals surface area (Å²) in [5.74, 6) is -1.09. The molecule has 0 aliphatic carbocycles. The molecule has 0 radical (unpaired) electrons. The molecule has 0 bridgehead atoms. The Balaban J connectivity index is 2.74. The van der Waals surface area contributed by atoms with E-state index in [9.17, 15) is 19.7 Å². The van der Waals surface area contributed by atoms with E-state index in [1.807, 2.05) is 0 Å². The van der Waals surface area contributed by atoms with E-state index in [0.29, 0.717) is 0 Å². The first-order valence-corrected chi connectivity index (χ1v) is 6.37. The van der Waals surface area contributed by atoms with Crippen LogP contribution in [-0.4, -0.2) is 33.8 Å². The van der Waals surface area contributed by atoms with Crippen molar-refractivity contribution in [1.82, 2.24) is 15.6 Å². The molecule has 0 atom stereocenters. The second-order valence-corrected chi connectivity index (χ2v) is 5.63. The molecular weight excluding hydrogens is 300 g/mol. The molecule has 1 aromatic heterocycles. The number of hydrogen-bond acceptors (Lipinski definition) is 5. The first-order chi connectivity index (χ1) is 9.60. The summed E-state index contributed by atoms with van der Waals surface area (Å²) in [6.07, 6.45) is 0.950. The number of halogens is 1. The lowest BCUT2D eigenvalue weighted by Gasteiger charge is -2.20. The fourth-order valence-electron chi connectivity index (χ4n) is 1.41. The number of aromatic nitrogens is 1. The van der Waals surface area contributed by atoms with Crippen LogP contribution < -0.4 is 10.6 Å². The lowest BCUT2D eigenvalue weighted by Crippen LogP contribution is -2.45. The third kappa shape index (κ3) is 5.35. The van der Waals surface area contributed by atoms with Crippen molar-refractivity contribution in [1.29, 1.82) is 0 Å². The van der Waals surface area contributed by atoms with Gasteiger partial charge in [0.1, 0.15) is 11.3 Å². The van der Waals surface area contributed by atoms with E-state index in [-0.39, 0.29) is 28.9 Å². The molecule has 0 aliphatic heterocycles. The Hall–Kier alpha value is -2.22. The molecule has 1 heterocycles. The smallest absolute Gasteiger partial charge is 0.288 e. The van der Waals surface area contributed by atoms with Gasteiger partial charge >= 0.3 is 0 Å². The Labute approximate surface area is 126 Å². The van der Waals surface area contributed by atoms with Gasteiger partial charge in [-0.15, -0.1) is 0 Å². The number of carbonyl (C=O) groups excluding carboxylic acids is 2. The molecule has 8 nitrogen and oxygen atoms in total. The zero-order valence-corrected chi connectivity index (χ0v) is 12.5. The monoisotopic (exact) mass is 314 g/mol. The molecule has 114 valence electrons. The number of rotatable bonds is 4. The average Bonchev–Trinajstić information content (AvgIpc) is 2.34. The van der Waals surface area contributed by atoms with Crippen molar-refractivity contribution in [3.8, 4) is 0 Å². The minimum Gasteiger partial charge on any atom is -0.350 e. The lowest BCUT2D eigenvalue weighted by atomic mass is 10.1. The highest BCUT2D eigenvalue weighted by Gasteiger charge is 2.19. The molecule has 0 aromatic carbocycles. The highest BCUT2D eigenvalue weighted by Crippen LogP contribution is 2.18. The van der Waals surface area contributed by atoms with Crippen molar-refractivity contribution < 1.29 is 14.5 Å². The fraction of sp³-hybridized carbons (Fsp3) is 0.417. The van der Waals surface area contributed by atoms with Crippen molar-refractivity contribution in [3.05, 3.63) is 33.1 Å². The van der Waals surface area contributed by atoms with Crippen molar-refractivity contribution in [2.24, 2.45) is 0 Å². The van der Waals surface area contributed by atoms with Gasteiger partial charge in [0, 0.05) is 11.6 Å². The molecule has 21 heavy (non-hydrogen) atoms. The van der Waals surface area contributed by atoms with Gasteiger partial charge in [0.2, 0.25) is 5.91 Å². The normalized spacial score (nSPS) is 10.9. The number of carbonyl (C=O) groups is 2. The third-order valence-electron chi connectivity index (χ3n) is 2.20. The Morgan fingerprint density at radius 2 is 2.05 bits per heavy atom. The van der Waals surface area contributed by atoms with Crippen LogP contribution in [0.2, 0.25) is 5.15 Å². The van der Waals surface area contributed by atoms with Gasteiger partial charge in [0.15, 0.2) is 0 Å². The van der Waals surface area contributed by atoms with Crippen LogP contribution in [0.1, 0.15) is 31.1 Å². The summed E-state index contributed by atoms with van der Waals surface area (Å²) < 4.78 is 0. The zero-order valence-electron chi connectivity index (χ0n) is 11.8. The van der Waals surface area contributed by atoms with E-state index in [2.05, 4.69) is 15.6 Å². The van der Waals surface area contributed by atoms with Gasteiger partial charge in [-0.05, 0) is 20.8 Å². The maximum atomic E-state index is 11.9. The Morgan fingerprint density at radius 1 is 1.43 bits per heavy atom. The summed E-state index contributed by atoms with van der Waals surface area (Å²) in [5, 5.41) is 15.5. The minimum atomic E-state index is -0.708. The number of nitrogens with zero attached hydrogens (tertiary/aromatic N) is 2. The Bertz CT molecular complexity index is 583. The maximum Gasteiger partial charge on any atom is 0.288 e. The highest BCUT2D eigenvalue weighted by atomic mass is 35.5. The van der Waals surface area contributed by atoms with Gasteiger partial charge < -0.3 is 10.6 Å². The van der Waals surface area contributed by atoms with Crippen LogP contribution in [0.3, 0.4) is 0 Å². The molecule has 1 rings (SSSR count). The van der Waals surface area contributed by atoms with Crippen LogP contribution in [0.5, 0.6) is 0 Å². The average molecular weight is 315 g/mol. The summed E-state index contributed by atoms with van der Waals surface area (Å²) in [6, 6.07) is 1.01. The quantitative estimate of drug-likeness (QED) is 0.493. The standard InChI is InChI=1S/C12H15ClN4O4/c1-12(2,3)16-9(18)6-15-11(19)8-4-7(17(20)21)5-14-10(8)13/h4-5H,6H2,1-3H3,(H,15,19)(H,16,18). The molecule has 1 aromatic rings. The summed E-state index contributed by atoms with van der Waals surface area (Å²) >= 11 is 5.72. The number of nitrogens with one attached hydrogen (secondary N) is 2. The summed E-state index contributed by atoms with van der Waals surface area (Å²) in [5.41, 5.74) is -0.940. The first-order valence-electron chi connectivity index (χ1n) is 5.99. The Kier molecular flexibility index (Phi) is 5.20. The second-order valence-electron chi connectivity index (χ2n) is 5.27. The van der Waals surface area contributed by atoms with Crippen molar-refractivity contribution in [2.75, 3.05) is 6.54 Å². The fourth-order valence-corrected chi connectivity index (χ4v) is 1.60. The van der Waals surface area contributed by atoms with Crippen LogP contribution >= 0.6 is 11.6 Å². The highest BCUT2D eigenvalue weighted by molar-refractivity contribution is 6.32. The van der Waals surface area contributed by atoms with Gasteiger partial charge in [-0.25, -0.2) is 4.98 Å². The van der Waals surface area contributed by atoms with Gasteiger partial charge in [-0.3, -0.25) is 19.7 Å². The molecule has 9 heteroatoms. The minimum absolute atomic E-state index is 0.158. The molecule has 0 saturated carbocycles. The number of nitro groups is 1. The first kappa shape index (κ1) is 16.8. The Morgan fingerprint density at radius 3 is 2.57 bits per heavy atom. The van der Waals surface area contributed by atoms with E-state index in [4.69, 9.17) is 11.6 Å². The van der Waals surface area contributed by atoms with Crippen molar-refractivity contribution in [3.63, 3.8) is 0 Å². The SMILES string of the molecule is CC(C)(C)NC(=O)CNC(=O)c1cc([N+](=O)[O-])cnc1Cl. The molecule has 0 unspecified atom stereocenters. The van der Waals surface area contributed by atoms with Crippen LogP contribution in [0, 0.1) is 10.1 Å². The van der Waals surface area contributed by atoms with Crippen LogP contribution in [0.15, 0.2) is 12.3 Å². The van der Waals surface area contributed by atoms with E-state index in [1.165, 1.54) is 0 Å². The van der Waals surface area contributed by atoms with Gasteiger partial charge in [-0.1, -0.05) is 11.6 Å². The van der Waals surface area contributed by atoms with Gasteiger partial charge in [0.05, 0.1) is 17.0 Å². The van der Waals surface area contributed by atoms with Crippen molar-refractivity contribution >= 4 is 29.1 Å². The predicted molar refractivity (Wildman–Crippen MR) is 76.1 cm³/mol. The molecule has 0 saturated heterocycles. The molecule has 2 amide bonds. The van der Waals surface area contributed by atoms with E-state index >= 15 is 0 Å². The number of amides is 2. The zero-order chi connectivity index (χ0) is 16.2. The topological polar surface area (TPSA) is 114 Å². The van der Waals surface area contributed by atoms with E-state index < -0.39 is 16.4 Å². The summed E-state index contributed by atoms with van der Waals surface area (Å²) in [6.45, 7) is 5.13. The van der Waals surface area contributed by atoms with Gasteiger partial charge in [-0.2, -0.15) is 0 Å². The predicted octanol–water partition coefficient (Wildman–Crippen LogP) is 1.29. The van der Waals surface area contributed by atoms with Crippen LogP contribution in [0.4, 0.5) is 5.69 Å². The van der Waals surface area contributed by atoms with Crippen molar-refractivity contribution in [2.45, 2.75) is 26.3 Å². The third-order valence-corrected chi connectivity index (χ3v) is 2.51. The molecule has 0 spiro atoms. The van der Waals surface area contributed by atoms with Crippen LogP contribution in [0.25, 0.3) is 0 Å².